The molecule has 3 N–H and O–H groups in total. The van der Waals surface area contributed by atoms with Gasteiger partial charge < -0.3 is 20.4 Å². The fraction of sp³-hybridized carbons (Fsp3) is 0.296. The van der Waals surface area contributed by atoms with Crippen molar-refractivity contribution in [2.45, 2.75) is 37.8 Å². The summed E-state index contributed by atoms with van der Waals surface area (Å²) in [5.74, 6) is -0.585. The van der Waals surface area contributed by atoms with Gasteiger partial charge in [-0.2, -0.15) is 5.26 Å². The highest BCUT2D eigenvalue weighted by molar-refractivity contribution is 5.96. The van der Waals surface area contributed by atoms with Crippen molar-refractivity contribution >= 4 is 11.8 Å². The summed E-state index contributed by atoms with van der Waals surface area (Å²) in [4.78, 5) is 41.2. The van der Waals surface area contributed by atoms with E-state index in [0.717, 1.165) is 25.7 Å². The number of hydrogen-bond acceptors (Lipinski definition) is 6. The number of carbonyl (C=O) groups excluding carboxylic acids is 2. The lowest BCUT2D eigenvalue weighted by atomic mass is 9.53. The molecule has 2 aliphatic carbocycles. The maximum Gasteiger partial charge on any atom is 0.258 e. The summed E-state index contributed by atoms with van der Waals surface area (Å²) >= 11 is 0. The van der Waals surface area contributed by atoms with Crippen LogP contribution in [0.5, 0.6) is 5.88 Å². The Morgan fingerprint density at radius 3 is 2.69 bits per heavy atom. The number of nitrogens with one attached hydrogen (secondary N) is 1. The molecule has 2 saturated carbocycles. The van der Waals surface area contributed by atoms with Crippen molar-refractivity contribution in [3.05, 3.63) is 81.9 Å². The van der Waals surface area contributed by atoms with E-state index in [9.17, 15) is 19.6 Å². The Bertz CT molecular complexity index is 1460. The Hall–Kier alpha value is -4.45. The fourth-order valence-corrected chi connectivity index (χ4v) is 5.31. The van der Waals surface area contributed by atoms with Crippen LogP contribution in [0.4, 0.5) is 0 Å². The van der Waals surface area contributed by atoms with E-state index in [1.54, 1.807) is 55.8 Å². The molecule has 0 bridgehead atoms. The van der Waals surface area contributed by atoms with E-state index in [4.69, 9.17) is 10.5 Å². The van der Waals surface area contributed by atoms with E-state index in [1.807, 2.05) is 0 Å². The molecule has 36 heavy (non-hydrogen) atoms. The van der Waals surface area contributed by atoms with Crippen molar-refractivity contribution in [3.8, 4) is 23.1 Å². The second-order valence-corrected chi connectivity index (χ2v) is 9.70. The van der Waals surface area contributed by atoms with Gasteiger partial charge >= 0.3 is 0 Å². The maximum atomic E-state index is 13.0. The fourth-order valence-electron chi connectivity index (χ4n) is 5.31. The number of hydrogen-bond donors (Lipinski definition) is 2. The first-order valence-corrected chi connectivity index (χ1v) is 11.7. The van der Waals surface area contributed by atoms with Crippen LogP contribution in [-0.4, -0.2) is 33.5 Å². The molecule has 2 aromatic heterocycles. The topological polar surface area (TPSA) is 140 Å². The number of aryl methyl sites for hydroxylation is 1. The van der Waals surface area contributed by atoms with Crippen LogP contribution in [0.1, 0.15) is 52.0 Å². The van der Waals surface area contributed by atoms with Gasteiger partial charge in [-0.05, 0) is 79.1 Å². The van der Waals surface area contributed by atoms with Gasteiger partial charge in [0.1, 0.15) is 11.7 Å². The van der Waals surface area contributed by atoms with E-state index >= 15 is 0 Å². The lowest BCUT2D eigenvalue weighted by molar-refractivity contribution is -0.0848. The SMILES string of the molecule is Cn1cccc(-c2cc(C#N)cc(C(=O)NC3CC4(C3)CC(Oc3ncccc3C(N)=O)C4)c2)c1=O. The number of primary amides is 1. The molecular formula is C27H25N5O4. The number of nitrogens with zero attached hydrogens (tertiary/aromatic N) is 3. The van der Waals surface area contributed by atoms with Crippen molar-refractivity contribution in [1.29, 1.82) is 5.26 Å². The summed E-state index contributed by atoms with van der Waals surface area (Å²) < 4.78 is 7.36. The predicted molar refractivity (Wildman–Crippen MR) is 131 cm³/mol. The minimum Gasteiger partial charge on any atom is -0.474 e. The van der Waals surface area contributed by atoms with Gasteiger partial charge in [0, 0.05) is 36.6 Å². The first-order chi connectivity index (χ1) is 17.3. The number of pyridine rings is 2. The Kier molecular flexibility index (Phi) is 5.80. The number of rotatable bonds is 6. The smallest absolute Gasteiger partial charge is 0.258 e. The summed E-state index contributed by atoms with van der Waals surface area (Å²) in [7, 11) is 1.66. The summed E-state index contributed by atoms with van der Waals surface area (Å²) in [6.45, 7) is 0. The number of ether oxygens (including phenoxy) is 1. The van der Waals surface area contributed by atoms with Crippen molar-refractivity contribution in [2.24, 2.45) is 18.2 Å². The predicted octanol–water partition coefficient (Wildman–Crippen LogP) is 2.54. The van der Waals surface area contributed by atoms with Crippen LogP contribution in [0.2, 0.25) is 0 Å². The Balaban J connectivity index is 1.21. The van der Waals surface area contributed by atoms with Gasteiger partial charge in [-0.25, -0.2) is 4.98 Å². The number of carbonyl (C=O) groups is 2. The molecule has 2 amide bonds. The first kappa shape index (κ1) is 23.3. The maximum absolute atomic E-state index is 13.0. The van der Waals surface area contributed by atoms with Gasteiger partial charge in [-0.3, -0.25) is 14.4 Å². The molecule has 0 unspecified atom stereocenters. The molecule has 0 saturated heterocycles. The molecule has 182 valence electrons. The summed E-state index contributed by atoms with van der Waals surface area (Å²) in [6.07, 6.45) is 6.47. The second-order valence-electron chi connectivity index (χ2n) is 9.70. The molecule has 9 nitrogen and oxygen atoms in total. The Morgan fingerprint density at radius 2 is 1.97 bits per heavy atom. The zero-order chi connectivity index (χ0) is 25.4. The van der Waals surface area contributed by atoms with Crippen LogP contribution in [0.15, 0.2) is 59.7 Å². The summed E-state index contributed by atoms with van der Waals surface area (Å²) in [5, 5.41) is 12.5. The normalized spacial score (nSPS) is 22.1. The third kappa shape index (κ3) is 4.33. The van der Waals surface area contributed by atoms with Crippen LogP contribution in [0, 0.1) is 16.7 Å². The highest BCUT2D eigenvalue weighted by Gasteiger charge is 2.54. The minimum atomic E-state index is -0.574. The molecule has 2 heterocycles. The van der Waals surface area contributed by atoms with E-state index in [-0.39, 0.29) is 40.5 Å². The van der Waals surface area contributed by atoms with Crippen molar-refractivity contribution in [2.75, 3.05) is 0 Å². The molecule has 1 spiro atoms. The molecular weight excluding hydrogens is 458 g/mol. The lowest BCUT2D eigenvalue weighted by Crippen LogP contribution is -2.58. The molecule has 9 heteroatoms. The van der Waals surface area contributed by atoms with Gasteiger partial charge in [0.25, 0.3) is 17.4 Å². The van der Waals surface area contributed by atoms with E-state index in [0.29, 0.717) is 22.3 Å². The molecule has 2 aliphatic rings. The first-order valence-electron chi connectivity index (χ1n) is 11.7. The van der Waals surface area contributed by atoms with Crippen LogP contribution in [-0.2, 0) is 7.05 Å². The van der Waals surface area contributed by atoms with Gasteiger partial charge in [-0.1, -0.05) is 0 Å². The van der Waals surface area contributed by atoms with Gasteiger partial charge in [0.05, 0.1) is 11.6 Å². The number of benzene rings is 1. The summed E-state index contributed by atoms with van der Waals surface area (Å²) in [5.41, 5.74) is 7.21. The lowest BCUT2D eigenvalue weighted by Gasteiger charge is -2.57. The largest absolute Gasteiger partial charge is 0.474 e. The minimum absolute atomic E-state index is 0.0215. The average Bonchev–Trinajstić information content (AvgIpc) is 2.82. The number of amides is 2. The highest BCUT2D eigenvalue weighted by atomic mass is 16.5. The van der Waals surface area contributed by atoms with Crippen LogP contribution in [0.3, 0.4) is 0 Å². The quantitative estimate of drug-likeness (QED) is 0.552. The van der Waals surface area contributed by atoms with E-state index < -0.39 is 5.91 Å². The van der Waals surface area contributed by atoms with Crippen LogP contribution >= 0.6 is 0 Å². The monoisotopic (exact) mass is 483 g/mol. The molecule has 0 atom stereocenters. The molecule has 0 radical (unpaired) electrons. The van der Waals surface area contributed by atoms with Gasteiger partial charge in [0.15, 0.2) is 0 Å². The van der Waals surface area contributed by atoms with Crippen molar-refractivity contribution < 1.29 is 14.3 Å². The van der Waals surface area contributed by atoms with Gasteiger partial charge in [0.2, 0.25) is 5.88 Å². The van der Waals surface area contributed by atoms with E-state index in [2.05, 4.69) is 16.4 Å². The average molecular weight is 484 g/mol. The van der Waals surface area contributed by atoms with Crippen LogP contribution in [0.25, 0.3) is 11.1 Å². The molecule has 5 rings (SSSR count). The second kappa shape index (κ2) is 8.96. The van der Waals surface area contributed by atoms with Crippen LogP contribution < -0.4 is 21.3 Å². The number of nitriles is 1. The van der Waals surface area contributed by atoms with Crippen molar-refractivity contribution in [3.63, 3.8) is 0 Å². The Morgan fingerprint density at radius 1 is 1.19 bits per heavy atom. The molecule has 0 aliphatic heterocycles. The Labute approximate surface area is 207 Å². The molecule has 3 aromatic rings. The summed E-state index contributed by atoms with van der Waals surface area (Å²) in [6, 6.07) is 13.6. The van der Waals surface area contributed by atoms with Gasteiger partial charge in [-0.15, -0.1) is 0 Å². The zero-order valence-electron chi connectivity index (χ0n) is 19.7. The third-order valence-electron chi connectivity index (χ3n) is 7.09. The number of aromatic nitrogens is 2. The van der Waals surface area contributed by atoms with E-state index in [1.165, 1.54) is 10.6 Å². The molecule has 2 fully saturated rings. The number of nitrogens with two attached hydrogens (primary N) is 1. The highest BCUT2D eigenvalue weighted by Crippen LogP contribution is 2.56. The standard InChI is InChI=1S/C27H25N5O4/c1-32-7-3-5-21(26(32)35)17-8-16(15-28)9-18(10-17)24(34)31-19-11-27(12-19)13-20(14-27)36-25-22(23(29)33)4-2-6-30-25/h2-10,19-20H,11-14H2,1H3,(H2,29,33)(H,31,34). The third-order valence-corrected chi connectivity index (χ3v) is 7.09. The zero-order valence-corrected chi connectivity index (χ0v) is 19.7. The molecule has 1 aromatic carbocycles. The van der Waals surface area contributed by atoms with Crippen molar-refractivity contribution in [1.82, 2.24) is 14.9 Å².